The predicted molar refractivity (Wildman–Crippen MR) is 88.2 cm³/mol. The van der Waals surface area contributed by atoms with E-state index in [4.69, 9.17) is 9.52 Å². The van der Waals surface area contributed by atoms with E-state index in [0.717, 1.165) is 0 Å². The lowest BCUT2D eigenvalue weighted by Crippen LogP contribution is -1.97. The number of hydrogen-bond donors (Lipinski definition) is 1. The zero-order valence-corrected chi connectivity index (χ0v) is 13.4. The lowest BCUT2D eigenvalue weighted by Gasteiger charge is -2.02. The molecule has 0 unspecified atom stereocenters. The minimum Gasteiger partial charge on any atom is -0.481 e. The van der Waals surface area contributed by atoms with Crippen LogP contribution in [0.3, 0.4) is 0 Å². The second kappa shape index (κ2) is 6.34. The van der Waals surface area contributed by atoms with Crippen LogP contribution in [0.15, 0.2) is 51.4 Å². The highest BCUT2D eigenvalue weighted by atomic mass is 79.9. The molecule has 0 saturated carbocycles. The van der Waals surface area contributed by atoms with Gasteiger partial charge in [-0.2, -0.15) is 0 Å². The van der Waals surface area contributed by atoms with Crippen LogP contribution < -0.4 is 0 Å². The molecule has 1 aromatic heterocycles. The van der Waals surface area contributed by atoms with Crippen LogP contribution in [0.4, 0.5) is 4.39 Å². The molecule has 0 aliphatic carbocycles. The van der Waals surface area contributed by atoms with Gasteiger partial charge in [0, 0.05) is 5.57 Å². The molecule has 1 heterocycles. The Bertz CT molecular complexity index is 884. The van der Waals surface area contributed by atoms with Crippen molar-refractivity contribution < 1.29 is 18.7 Å². The van der Waals surface area contributed by atoms with E-state index in [2.05, 4.69) is 20.9 Å². The highest BCUT2D eigenvalue weighted by Crippen LogP contribution is 2.26. The Morgan fingerprint density at radius 1 is 1.30 bits per heavy atom. The zero-order valence-electron chi connectivity index (χ0n) is 11.8. The summed E-state index contributed by atoms with van der Waals surface area (Å²) in [5.41, 5.74) is 2.29. The number of oxazole rings is 1. The molecule has 0 aliphatic heterocycles. The maximum atomic E-state index is 13.3. The number of carbonyl (C=O) groups is 1. The first-order valence-corrected chi connectivity index (χ1v) is 7.55. The van der Waals surface area contributed by atoms with E-state index in [-0.39, 0.29) is 18.1 Å². The van der Waals surface area contributed by atoms with Gasteiger partial charge in [0.05, 0.1) is 10.9 Å². The summed E-state index contributed by atoms with van der Waals surface area (Å²) >= 11 is 3.11. The van der Waals surface area contributed by atoms with Crippen LogP contribution in [0, 0.1) is 5.82 Å². The van der Waals surface area contributed by atoms with Gasteiger partial charge in [0.1, 0.15) is 11.3 Å². The molecule has 3 aromatic rings. The number of aliphatic carboxylic acids is 1. The summed E-state index contributed by atoms with van der Waals surface area (Å²) in [6.07, 6.45) is 1.38. The molecule has 23 heavy (non-hydrogen) atoms. The molecular formula is C17H11BrFNO3. The van der Waals surface area contributed by atoms with Crippen molar-refractivity contribution in [2.75, 3.05) is 0 Å². The largest absolute Gasteiger partial charge is 0.481 e. The minimum absolute atomic E-state index is 0.244. The van der Waals surface area contributed by atoms with Crippen molar-refractivity contribution in [3.05, 3.63) is 64.2 Å². The summed E-state index contributed by atoms with van der Waals surface area (Å²) in [5.74, 6) is -1.14. The molecule has 1 N–H and O–H groups in total. The van der Waals surface area contributed by atoms with Crippen molar-refractivity contribution >= 4 is 44.6 Å². The number of fused-ring (bicyclic) bond motifs is 1. The first-order valence-electron chi connectivity index (χ1n) is 6.76. The normalized spacial score (nSPS) is 11.8. The van der Waals surface area contributed by atoms with Crippen molar-refractivity contribution in [3.8, 4) is 0 Å². The highest BCUT2D eigenvalue weighted by molar-refractivity contribution is 9.10. The SMILES string of the molecule is O=C(O)CC(=Cc1ccc(F)c(Br)c1)c1nc2ccccc2o1. The van der Waals surface area contributed by atoms with Crippen molar-refractivity contribution in [2.45, 2.75) is 6.42 Å². The summed E-state index contributed by atoms with van der Waals surface area (Å²) < 4.78 is 19.2. The number of nitrogens with zero attached hydrogens (tertiary/aromatic N) is 1. The van der Waals surface area contributed by atoms with Gasteiger partial charge < -0.3 is 9.52 Å². The fourth-order valence-electron chi connectivity index (χ4n) is 2.16. The van der Waals surface area contributed by atoms with Gasteiger partial charge in [0.25, 0.3) is 0 Å². The molecule has 0 radical (unpaired) electrons. The molecule has 116 valence electrons. The Kier molecular flexibility index (Phi) is 4.25. The van der Waals surface area contributed by atoms with Gasteiger partial charge in [-0.15, -0.1) is 0 Å². The van der Waals surface area contributed by atoms with Crippen molar-refractivity contribution in [1.29, 1.82) is 0 Å². The molecule has 2 aromatic carbocycles. The molecule has 0 spiro atoms. The Morgan fingerprint density at radius 2 is 2.09 bits per heavy atom. The molecule has 0 fully saturated rings. The van der Waals surface area contributed by atoms with Crippen LogP contribution >= 0.6 is 15.9 Å². The molecule has 4 nitrogen and oxygen atoms in total. The van der Waals surface area contributed by atoms with Gasteiger partial charge in [-0.1, -0.05) is 18.2 Å². The number of halogens is 2. The van der Waals surface area contributed by atoms with Gasteiger partial charge in [0.2, 0.25) is 5.89 Å². The first-order chi connectivity index (χ1) is 11.0. The van der Waals surface area contributed by atoms with Crippen molar-refractivity contribution in [3.63, 3.8) is 0 Å². The van der Waals surface area contributed by atoms with E-state index in [9.17, 15) is 9.18 Å². The Labute approximate surface area is 139 Å². The van der Waals surface area contributed by atoms with Gasteiger partial charge >= 0.3 is 5.97 Å². The second-order valence-electron chi connectivity index (χ2n) is 4.90. The summed E-state index contributed by atoms with van der Waals surface area (Å²) in [7, 11) is 0. The fraction of sp³-hybridized carbons (Fsp3) is 0.0588. The van der Waals surface area contributed by atoms with E-state index in [0.29, 0.717) is 26.7 Å². The third-order valence-corrected chi connectivity index (χ3v) is 3.80. The number of aromatic nitrogens is 1. The number of benzene rings is 2. The zero-order chi connectivity index (χ0) is 16.4. The second-order valence-corrected chi connectivity index (χ2v) is 5.75. The summed E-state index contributed by atoms with van der Waals surface area (Å²) in [6, 6.07) is 11.6. The van der Waals surface area contributed by atoms with Crippen LogP contribution in [-0.2, 0) is 4.79 Å². The highest BCUT2D eigenvalue weighted by Gasteiger charge is 2.14. The number of carboxylic acid groups (broad SMARTS) is 1. The number of para-hydroxylation sites is 2. The Hall–Kier alpha value is -2.47. The maximum Gasteiger partial charge on any atom is 0.308 e. The average molecular weight is 376 g/mol. The molecule has 3 rings (SSSR count). The number of carboxylic acids is 1. The topological polar surface area (TPSA) is 63.3 Å². The third-order valence-electron chi connectivity index (χ3n) is 3.19. The molecule has 6 heteroatoms. The predicted octanol–water partition coefficient (Wildman–Crippen LogP) is 4.74. The van der Waals surface area contributed by atoms with Crippen LogP contribution in [-0.4, -0.2) is 16.1 Å². The first kappa shape index (κ1) is 15.4. The van der Waals surface area contributed by atoms with Gasteiger partial charge in [-0.25, -0.2) is 9.37 Å². The molecule has 0 atom stereocenters. The van der Waals surface area contributed by atoms with E-state index >= 15 is 0 Å². The average Bonchev–Trinajstić information content (AvgIpc) is 2.94. The van der Waals surface area contributed by atoms with Gasteiger partial charge in [-0.05, 0) is 51.8 Å². The maximum absolute atomic E-state index is 13.3. The van der Waals surface area contributed by atoms with Crippen LogP contribution in [0.1, 0.15) is 17.9 Å². The fourth-order valence-corrected chi connectivity index (χ4v) is 2.56. The molecular weight excluding hydrogens is 365 g/mol. The van der Waals surface area contributed by atoms with Crippen LogP contribution in [0.25, 0.3) is 22.7 Å². The number of rotatable bonds is 4. The van der Waals surface area contributed by atoms with Gasteiger partial charge in [-0.3, -0.25) is 4.79 Å². The molecule has 0 bridgehead atoms. The van der Waals surface area contributed by atoms with Gasteiger partial charge in [0.15, 0.2) is 5.58 Å². The summed E-state index contributed by atoms with van der Waals surface area (Å²) in [6.45, 7) is 0. The molecule has 0 saturated heterocycles. The van der Waals surface area contributed by atoms with Crippen molar-refractivity contribution in [1.82, 2.24) is 4.98 Å². The van der Waals surface area contributed by atoms with E-state index in [1.54, 1.807) is 30.3 Å². The minimum atomic E-state index is -1.00. The molecule has 0 aliphatic rings. The third kappa shape index (κ3) is 3.48. The van der Waals surface area contributed by atoms with E-state index in [1.165, 1.54) is 6.07 Å². The van der Waals surface area contributed by atoms with Crippen LogP contribution in [0.2, 0.25) is 0 Å². The van der Waals surface area contributed by atoms with Crippen LogP contribution in [0.5, 0.6) is 0 Å². The standard InChI is InChI=1S/C17H11BrFNO3/c18-12-8-10(5-6-13(12)19)7-11(9-16(21)22)17-20-14-3-1-2-4-15(14)23-17/h1-8H,9H2,(H,21,22). The monoisotopic (exact) mass is 375 g/mol. The Morgan fingerprint density at radius 3 is 2.78 bits per heavy atom. The van der Waals surface area contributed by atoms with Crippen molar-refractivity contribution in [2.24, 2.45) is 0 Å². The number of hydrogen-bond acceptors (Lipinski definition) is 3. The summed E-state index contributed by atoms with van der Waals surface area (Å²) in [4.78, 5) is 15.4. The van der Waals surface area contributed by atoms with E-state index < -0.39 is 5.97 Å². The van der Waals surface area contributed by atoms with E-state index in [1.807, 2.05) is 12.1 Å². The molecule has 0 amide bonds. The lowest BCUT2D eigenvalue weighted by molar-refractivity contribution is -0.135. The smallest absolute Gasteiger partial charge is 0.308 e. The lowest BCUT2D eigenvalue weighted by atomic mass is 10.1. The Balaban J connectivity index is 2.07. The summed E-state index contributed by atoms with van der Waals surface area (Å²) in [5, 5.41) is 9.12. The quantitative estimate of drug-likeness (QED) is 0.714.